The Hall–Kier alpha value is -2.80. The van der Waals surface area contributed by atoms with E-state index in [1.165, 1.54) is 48.5 Å². The number of benzene rings is 8. The van der Waals surface area contributed by atoms with Gasteiger partial charge in [0.05, 0.1) is 0 Å². The van der Waals surface area contributed by atoms with E-state index >= 15 is 0 Å². The zero-order chi connectivity index (χ0) is 40.8. The number of hydrogen-bond acceptors (Lipinski definition) is 7. The van der Waals surface area contributed by atoms with E-state index in [1.54, 1.807) is 12.1 Å². The third-order valence-electron chi connectivity index (χ3n) is 9.49. The largest absolute Gasteiger partial charge is 1.00 e. The van der Waals surface area contributed by atoms with E-state index in [1.807, 2.05) is 36.4 Å². The first-order valence-electron chi connectivity index (χ1n) is 17.1. The van der Waals surface area contributed by atoms with Crippen molar-refractivity contribution in [2.75, 3.05) is 0 Å². The second-order valence-corrected chi connectivity index (χ2v) is 14.8. The van der Waals surface area contributed by atoms with Gasteiger partial charge in [0.25, 0.3) is 6.47 Å². The molecule has 0 fully saturated rings. The Morgan fingerprint density at radius 3 is 1.23 bits per heavy atom. The number of phenols is 2. The summed E-state index contributed by atoms with van der Waals surface area (Å²) in [5.41, 5.74) is 4.08. The molecule has 2 N–H and O–H groups in total. The van der Waals surface area contributed by atoms with Gasteiger partial charge in [0.15, 0.2) is 0 Å². The van der Waals surface area contributed by atoms with Crippen LogP contribution < -0.4 is 108 Å². The molecule has 2 aromatic heterocycles. The van der Waals surface area contributed by atoms with Crippen molar-refractivity contribution in [3.8, 4) is 33.8 Å². The Balaban J connectivity index is 0.000000203. The van der Waals surface area contributed by atoms with Gasteiger partial charge in [-0.3, -0.25) is 4.79 Å². The van der Waals surface area contributed by atoms with E-state index in [-0.39, 0.29) is 144 Å². The Kier molecular flexibility index (Phi) is 15.3. The molecule has 8 aromatic carbocycles. The topological polar surface area (TPSA) is 116 Å². The van der Waals surface area contributed by atoms with Gasteiger partial charge >= 0.3 is 103 Å². The van der Waals surface area contributed by atoms with E-state index in [4.69, 9.17) is 65.3 Å². The van der Waals surface area contributed by atoms with Crippen LogP contribution in [-0.2, 0) is 9.68 Å². The molecule has 0 aliphatic carbocycles. The van der Waals surface area contributed by atoms with Gasteiger partial charge in [-0.1, -0.05) is 46.4 Å². The maximum absolute atomic E-state index is 14.3. The van der Waals surface area contributed by atoms with Crippen LogP contribution in [0.2, 0.25) is 20.1 Å². The monoisotopic (exact) mass is 932 g/mol. The minimum Gasteiger partial charge on any atom is -1.00 e. The average Bonchev–Trinajstić information content (AvgIpc) is 3.74. The van der Waals surface area contributed by atoms with Gasteiger partial charge in [-0.15, -0.1) is 0 Å². The van der Waals surface area contributed by atoms with Gasteiger partial charge in [-0.2, -0.15) is 0 Å². The van der Waals surface area contributed by atoms with Crippen LogP contribution in [0.3, 0.4) is 0 Å². The molecule has 0 aliphatic rings. The maximum atomic E-state index is 14.3. The predicted octanol–water partition coefficient (Wildman–Crippen LogP) is 7.67. The Labute approximate surface area is 445 Å². The minimum absolute atomic E-state index is 0. The van der Waals surface area contributed by atoms with E-state index in [2.05, 4.69) is 29.2 Å². The van der Waals surface area contributed by atoms with Crippen molar-refractivity contribution >= 4 is 118 Å². The van der Waals surface area contributed by atoms with Gasteiger partial charge in [-0.05, 0) is 143 Å². The molecule has 2 heterocycles. The van der Waals surface area contributed by atoms with Crippen LogP contribution in [0.5, 0.6) is 11.5 Å². The van der Waals surface area contributed by atoms with Crippen LogP contribution in [-0.4, -0.2) is 16.7 Å². The zero-order valence-electron chi connectivity index (χ0n) is 32.3. The Morgan fingerprint density at radius 2 is 0.817 bits per heavy atom. The number of hydrogen-bond donors (Lipinski definition) is 2. The third-order valence-corrected chi connectivity index (χ3v) is 10.4. The molecule has 10 aromatic rings. The number of furan rings is 2. The summed E-state index contributed by atoms with van der Waals surface area (Å²) in [4.78, 5) is 11.2. The molecule has 0 bridgehead atoms. The molecule has 15 heteroatoms. The first-order valence-corrected chi connectivity index (χ1v) is 18.6. The van der Waals surface area contributed by atoms with Crippen LogP contribution in [0.25, 0.3) is 87.7 Å². The molecule has 0 unspecified atom stereocenters. The molecule has 0 amide bonds. The fourth-order valence-electron chi connectivity index (χ4n) is 6.90. The molecule has 7 nitrogen and oxygen atoms in total. The van der Waals surface area contributed by atoms with Gasteiger partial charge < -0.3 is 30.6 Å². The minimum atomic E-state index is -0.543. The summed E-state index contributed by atoms with van der Waals surface area (Å²) in [5.74, 6) is -1.43. The molecule has 0 atom stereocenters. The summed E-state index contributed by atoms with van der Waals surface area (Å²) in [7, 11) is 0. The number of fused-ring (bicyclic) bond motifs is 8. The van der Waals surface area contributed by atoms with Crippen LogP contribution in [0, 0.1) is 11.6 Å². The van der Waals surface area contributed by atoms with Gasteiger partial charge in [-0.25, -0.2) is 8.78 Å². The SMILES string of the molecule is Clc1ccc2oc3cc4cc5oc6ccc(Cl)cc6c5cc4cc3c2c1.O=CO[O-].Oc1cc2cc(O)c(-c3cc(Cl)ccc3F)cc2cc1-c1cc(Cl)ccc1F.[H-].[K+].[K+]. The molecule has 0 aliphatic heterocycles. The molecule has 0 saturated heterocycles. The van der Waals surface area contributed by atoms with Crippen molar-refractivity contribution in [1.29, 1.82) is 0 Å². The van der Waals surface area contributed by atoms with Crippen molar-refractivity contribution in [1.82, 2.24) is 0 Å². The predicted molar refractivity (Wildman–Crippen MR) is 225 cm³/mol. The summed E-state index contributed by atoms with van der Waals surface area (Å²) in [6.07, 6.45) is 0. The fourth-order valence-corrected chi connectivity index (χ4v) is 7.59. The number of halogens is 6. The zero-order valence-corrected chi connectivity index (χ0v) is 40.6. The van der Waals surface area contributed by atoms with Crippen molar-refractivity contribution in [3.63, 3.8) is 0 Å². The van der Waals surface area contributed by atoms with Crippen molar-refractivity contribution in [2.45, 2.75) is 0 Å². The second-order valence-electron chi connectivity index (χ2n) is 13.1. The number of phenolic OH excluding ortho intramolecular Hbond substituents is 2. The molecule has 60 heavy (non-hydrogen) atoms. The molecule has 0 spiro atoms. The van der Waals surface area contributed by atoms with E-state index in [0.717, 1.165) is 54.6 Å². The third kappa shape index (κ3) is 9.57. The van der Waals surface area contributed by atoms with Gasteiger partial charge in [0, 0.05) is 63.9 Å². The van der Waals surface area contributed by atoms with Crippen molar-refractivity contribution in [2.24, 2.45) is 0 Å². The Morgan fingerprint density at radius 1 is 0.483 bits per heavy atom. The maximum Gasteiger partial charge on any atom is 1.00 e. The average molecular weight is 935 g/mol. The molecular formula is C45H24Cl4F2K2O7. The van der Waals surface area contributed by atoms with Crippen LogP contribution in [0.4, 0.5) is 8.78 Å². The molecule has 0 radical (unpaired) electrons. The Bertz CT molecular complexity index is 3070. The number of rotatable bonds is 3. The number of carbonyl (C=O) groups is 1. The van der Waals surface area contributed by atoms with Crippen LogP contribution >= 0.6 is 46.4 Å². The second kappa shape index (κ2) is 19.7. The van der Waals surface area contributed by atoms with E-state index in [0.29, 0.717) is 30.9 Å². The first kappa shape index (κ1) is 46.7. The normalized spacial score (nSPS) is 10.8. The quantitative estimate of drug-likeness (QED) is 0.0809. The smallest absolute Gasteiger partial charge is 1.00 e. The summed E-state index contributed by atoms with van der Waals surface area (Å²) >= 11 is 24.3. The number of carbonyl (C=O) groups excluding carboxylic acids is 1. The fraction of sp³-hybridized carbons (Fsp3) is 0. The van der Waals surface area contributed by atoms with Gasteiger partial charge in [0.2, 0.25) is 0 Å². The van der Waals surface area contributed by atoms with E-state index < -0.39 is 11.6 Å². The van der Waals surface area contributed by atoms with Crippen molar-refractivity contribution in [3.05, 3.63) is 153 Å². The van der Waals surface area contributed by atoms with Crippen molar-refractivity contribution < 1.29 is 147 Å². The summed E-state index contributed by atoms with van der Waals surface area (Å²) in [6.45, 7) is -0.181. The van der Waals surface area contributed by atoms with Gasteiger partial charge in [0.1, 0.15) is 45.5 Å². The number of aromatic hydroxyl groups is 2. The molecule has 290 valence electrons. The summed E-state index contributed by atoms with van der Waals surface area (Å²) < 4.78 is 40.5. The standard InChI is InChI=1S/C22H12Cl2F2O2.C22H10Cl2O2.CH2O3.2K.H/c23-13-1-3-19(25)15(9-13)17-5-11-6-18(16-10-14(24)2-4-20(16)26)22(28)8-12(11)7-21(17)27;23-13-1-3-19-17(9-13)15-5-11-6-16-18-10-14(24)2-4-20(18)26-22(16)8-12(11)7-21(15)25-19;2-1-4-3;;;/h1-10,27-28H;1-10H;1,3H;;;/q;;;2*+1;-1/p-1. The first-order chi connectivity index (χ1) is 27.9. The van der Waals surface area contributed by atoms with Crippen LogP contribution in [0.1, 0.15) is 1.43 Å². The summed E-state index contributed by atoms with van der Waals surface area (Å²) in [5, 5.41) is 38.6. The molecule has 10 rings (SSSR count). The molecule has 0 saturated carbocycles. The summed E-state index contributed by atoms with van der Waals surface area (Å²) in [6, 6.07) is 33.8. The van der Waals surface area contributed by atoms with Crippen LogP contribution in [0.15, 0.2) is 130 Å². The van der Waals surface area contributed by atoms with E-state index in [9.17, 15) is 19.0 Å². The molecular weight excluding hydrogens is 910 g/mol.